The fourth-order valence-corrected chi connectivity index (χ4v) is 2.17. The van der Waals surface area contributed by atoms with Gasteiger partial charge in [0.25, 0.3) is 0 Å². The number of fused-ring (bicyclic) bond motifs is 1. The molecule has 1 aromatic heterocycles. The van der Waals surface area contributed by atoms with E-state index in [0.717, 1.165) is 27.9 Å². The second-order valence-electron chi connectivity index (χ2n) is 4.32. The Morgan fingerprint density at radius 1 is 1.00 bits per heavy atom. The third-order valence-electron chi connectivity index (χ3n) is 3.12. The summed E-state index contributed by atoms with van der Waals surface area (Å²) in [6, 6.07) is 17.6. The first-order chi connectivity index (χ1) is 9.29. The highest BCUT2D eigenvalue weighted by Crippen LogP contribution is 2.31. The third kappa shape index (κ3) is 1.99. The molecule has 0 radical (unpaired) electrons. The molecule has 19 heavy (non-hydrogen) atoms. The van der Waals surface area contributed by atoms with E-state index in [1.165, 1.54) is 0 Å². The molecule has 0 aliphatic rings. The normalized spacial score (nSPS) is 10.6. The lowest BCUT2D eigenvalue weighted by molar-refractivity contribution is 0.419. The van der Waals surface area contributed by atoms with Crippen molar-refractivity contribution in [3.8, 4) is 17.0 Å². The molecule has 2 aromatic carbocycles. The average Bonchev–Trinajstić information content (AvgIpc) is 2.47. The first-order valence-electron chi connectivity index (χ1n) is 6.08. The second-order valence-corrected chi connectivity index (χ2v) is 4.32. The number of nitrogens with two attached hydrogens (primary N) is 1. The lowest BCUT2D eigenvalue weighted by Crippen LogP contribution is -1.95. The van der Waals surface area contributed by atoms with Crippen molar-refractivity contribution in [2.45, 2.75) is 0 Å². The van der Waals surface area contributed by atoms with E-state index in [9.17, 15) is 0 Å². The molecule has 3 nitrogen and oxygen atoms in total. The van der Waals surface area contributed by atoms with E-state index in [4.69, 9.17) is 10.5 Å². The van der Waals surface area contributed by atoms with E-state index < -0.39 is 0 Å². The van der Waals surface area contributed by atoms with Gasteiger partial charge < -0.3 is 10.5 Å². The molecule has 3 heteroatoms. The van der Waals surface area contributed by atoms with Crippen molar-refractivity contribution in [1.82, 2.24) is 4.98 Å². The van der Waals surface area contributed by atoms with Gasteiger partial charge in [-0.15, -0.1) is 0 Å². The van der Waals surface area contributed by atoms with Crippen LogP contribution in [-0.2, 0) is 0 Å². The fraction of sp³-hybridized carbons (Fsp3) is 0.0625. The number of aromatic nitrogens is 1. The number of hydrogen-bond donors (Lipinski definition) is 1. The first-order valence-corrected chi connectivity index (χ1v) is 6.08. The largest absolute Gasteiger partial charge is 0.494 e. The van der Waals surface area contributed by atoms with Crippen LogP contribution in [0.1, 0.15) is 0 Å². The van der Waals surface area contributed by atoms with Crippen molar-refractivity contribution in [1.29, 1.82) is 0 Å². The summed E-state index contributed by atoms with van der Waals surface area (Å²) in [6.07, 6.45) is 0. The van der Waals surface area contributed by atoms with Gasteiger partial charge in [-0.25, -0.2) is 4.98 Å². The Labute approximate surface area is 111 Å². The number of methoxy groups -OCH3 is 1. The van der Waals surface area contributed by atoms with E-state index >= 15 is 0 Å². The van der Waals surface area contributed by atoms with Crippen molar-refractivity contribution in [2.24, 2.45) is 0 Å². The number of benzene rings is 2. The molecule has 0 atom stereocenters. The Morgan fingerprint density at radius 3 is 2.53 bits per heavy atom. The molecular formula is C16H14N2O. The highest BCUT2D eigenvalue weighted by atomic mass is 16.5. The zero-order valence-corrected chi connectivity index (χ0v) is 10.6. The molecular weight excluding hydrogens is 236 g/mol. The van der Waals surface area contributed by atoms with Gasteiger partial charge >= 0.3 is 0 Å². The van der Waals surface area contributed by atoms with E-state index in [1.807, 2.05) is 54.6 Å². The van der Waals surface area contributed by atoms with Gasteiger partial charge in [-0.05, 0) is 12.1 Å². The number of pyridine rings is 1. The van der Waals surface area contributed by atoms with E-state index in [2.05, 4.69) is 4.98 Å². The van der Waals surface area contributed by atoms with Gasteiger partial charge in [0.2, 0.25) is 0 Å². The van der Waals surface area contributed by atoms with Crippen LogP contribution in [0.3, 0.4) is 0 Å². The maximum Gasteiger partial charge on any atom is 0.145 e. The zero-order valence-electron chi connectivity index (χ0n) is 10.6. The Morgan fingerprint density at radius 2 is 1.79 bits per heavy atom. The maximum atomic E-state index is 6.12. The average molecular weight is 250 g/mol. The number of anilines is 1. The Bertz CT molecular complexity index is 723. The number of rotatable bonds is 2. The van der Waals surface area contributed by atoms with Gasteiger partial charge in [0.05, 0.1) is 12.8 Å². The highest BCUT2D eigenvalue weighted by molar-refractivity contribution is 5.96. The van der Waals surface area contributed by atoms with Crippen LogP contribution in [-0.4, -0.2) is 12.1 Å². The van der Waals surface area contributed by atoms with E-state index in [1.54, 1.807) is 7.11 Å². The molecule has 1 heterocycles. The van der Waals surface area contributed by atoms with Gasteiger partial charge in [0, 0.05) is 16.6 Å². The molecule has 94 valence electrons. The lowest BCUT2D eigenvalue weighted by atomic mass is 10.1. The molecule has 3 aromatic rings. The summed E-state index contributed by atoms with van der Waals surface area (Å²) < 4.78 is 5.36. The Hall–Kier alpha value is -2.55. The van der Waals surface area contributed by atoms with Crippen molar-refractivity contribution in [3.05, 3.63) is 54.6 Å². The summed E-state index contributed by atoms with van der Waals surface area (Å²) in [6.45, 7) is 0. The number of para-hydroxylation sites is 1. The molecule has 0 amide bonds. The molecule has 2 N–H and O–H groups in total. The molecule has 0 unspecified atom stereocenters. The molecule has 0 saturated heterocycles. The molecule has 0 saturated carbocycles. The molecule has 0 spiro atoms. The predicted octanol–water partition coefficient (Wildman–Crippen LogP) is 3.49. The summed E-state index contributed by atoms with van der Waals surface area (Å²) in [4.78, 5) is 4.67. The maximum absolute atomic E-state index is 6.12. The van der Waals surface area contributed by atoms with Crippen molar-refractivity contribution < 1.29 is 4.74 Å². The molecule has 3 rings (SSSR count). The summed E-state index contributed by atoms with van der Waals surface area (Å²) in [7, 11) is 1.64. The Kier molecular flexibility index (Phi) is 2.80. The van der Waals surface area contributed by atoms with Gasteiger partial charge in [0.15, 0.2) is 0 Å². The third-order valence-corrected chi connectivity index (χ3v) is 3.12. The predicted molar refractivity (Wildman–Crippen MR) is 78.1 cm³/mol. The summed E-state index contributed by atoms with van der Waals surface area (Å²) in [5.41, 5.74) is 9.53. The Balaban J connectivity index is 2.29. The van der Waals surface area contributed by atoms with E-state index in [0.29, 0.717) is 5.69 Å². The SMILES string of the molecule is COc1cccc2c(N)cc(-c3ccccc3)nc12. The van der Waals surface area contributed by atoms with Crippen LogP contribution in [0.25, 0.3) is 22.2 Å². The van der Waals surface area contributed by atoms with Crippen molar-refractivity contribution in [3.63, 3.8) is 0 Å². The van der Waals surface area contributed by atoms with Crippen LogP contribution in [0.4, 0.5) is 5.69 Å². The number of ether oxygens (including phenoxy) is 1. The molecule has 0 aliphatic heterocycles. The molecule has 0 bridgehead atoms. The van der Waals surface area contributed by atoms with Gasteiger partial charge in [0.1, 0.15) is 11.3 Å². The van der Waals surface area contributed by atoms with Gasteiger partial charge in [-0.3, -0.25) is 0 Å². The minimum absolute atomic E-state index is 0.711. The van der Waals surface area contributed by atoms with Crippen LogP contribution in [0.15, 0.2) is 54.6 Å². The van der Waals surface area contributed by atoms with Crippen LogP contribution in [0.2, 0.25) is 0 Å². The second kappa shape index (κ2) is 4.61. The van der Waals surface area contributed by atoms with E-state index in [-0.39, 0.29) is 0 Å². The lowest BCUT2D eigenvalue weighted by Gasteiger charge is -2.09. The quantitative estimate of drug-likeness (QED) is 0.757. The zero-order chi connectivity index (χ0) is 13.2. The van der Waals surface area contributed by atoms with Crippen LogP contribution in [0.5, 0.6) is 5.75 Å². The molecule has 0 fully saturated rings. The molecule has 0 aliphatic carbocycles. The minimum atomic E-state index is 0.711. The van der Waals surface area contributed by atoms with Gasteiger partial charge in [-0.2, -0.15) is 0 Å². The standard InChI is InChI=1S/C16H14N2O/c1-19-15-9-5-8-12-13(17)10-14(18-16(12)15)11-6-3-2-4-7-11/h2-10H,1H3,(H2,17,18). The highest BCUT2D eigenvalue weighted by Gasteiger charge is 2.08. The number of hydrogen-bond acceptors (Lipinski definition) is 3. The topological polar surface area (TPSA) is 48.1 Å². The van der Waals surface area contributed by atoms with Crippen LogP contribution < -0.4 is 10.5 Å². The fourth-order valence-electron chi connectivity index (χ4n) is 2.17. The summed E-state index contributed by atoms with van der Waals surface area (Å²) >= 11 is 0. The van der Waals surface area contributed by atoms with Crippen LogP contribution in [0, 0.1) is 0 Å². The first kappa shape index (κ1) is 11.5. The van der Waals surface area contributed by atoms with Crippen molar-refractivity contribution in [2.75, 3.05) is 12.8 Å². The smallest absolute Gasteiger partial charge is 0.145 e. The van der Waals surface area contributed by atoms with Gasteiger partial charge in [-0.1, -0.05) is 42.5 Å². The minimum Gasteiger partial charge on any atom is -0.494 e. The summed E-state index contributed by atoms with van der Waals surface area (Å²) in [5, 5.41) is 0.916. The van der Waals surface area contributed by atoms with Crippen LogP contribution >= 0.6 is 0 Å². The monoisotopic (exact) mass is 250 g/mol. The number of nitrogen functional groups attached to an aromatic ring is 1. The number of nitrogens with zero attached hydrogens (tertiary/aromatic N) is 1. The summed E-state index contributed by atoms with van der Waals surface area (Å²) in [5.74, 6) is 0.738. The van der Waals surface area contributed by atoms with Crippen molar-refractivity contribution >= 4 is 16.6 Å².